The number of benzene rings is 3. The molecule has 1 aliphatic rings. The quantitative estimate of drug-likeness (QED) is 0.658. The summed E-state index contributed by atoms with van der Waals surface area (Å²) in [5.74, 6) is -0.486. The summed E-state index contributed by atoms with van der Waals surface area (Å²) in [5.41, 5.74) is 4.81. The molecule has 0 aromatic heterocycles. The van der Waals surface area contributed by atoms with Gasteiger partial charge < -0.3 is 15.1 Å². The van der Waals surface area contributed by atoms with E-state index in [2.05, 4.69) is 0 Å². The van der Waals surface area contributed by atoms with Crippen LogP contribution in [-0.2, 0) is 13.1 Å². The largest absolute Gasteiger partial charge is 0.507 e. The Morgan fingerprint density at radius 3 is 2.21 bits per heavy atom. The van der Waals surface area contributed by atoms with Crippen molar-refractivity contribution in [1.29, 1.82) is 0 Å². The highest BCUT2D eigenvalue weighted by Gasteiger charge is 2.26. The Bertz CT molecular complexity index is 1050. The number of nitrogens with zero attached hydrogens (tertiary/aromatic N) is 1. The second kappa shape index (κ2) is 7.24. The van der Waals surface area contributed by atoms with Crippen LogP contribution >= 0.6 is 11.8 Å². The standard InChI is InChI=1S/C23H21NO3S/c1-14-7-8-18(9-15(14)2)28-22-10-19(20(25)11-21(22)26)23(27)24-12-16-5-3-4-6-17(16)13-24/h3-11,25-26H,12-13H2,1-2H3. The third-order valence-electron chi connectivity index (χ3n) is 5.14. The maximum Gasteiger partial charge on any atom is 0.258 e. The molecule has 4 rings (SSSR count). The van der Waals surface area contributed by atoms with Crippen molar-refractivity contribution >= 4 is 17.7 Å². The van der Waals surface area contributed by atoms with E-state index < -0.39 is 0 Å². The maximum absolute atomic E-state index is 13.0. The van der Waals surface area contributed by atoms with E-state index in [1.54, 1.807) is 11.0 Å². The fourth-order valence-corrected chi connectivity index (χ4v) is 4.33. The predicted octanol–water partition coefficient (Wildman–Crippen LogP) is 5.02. The number of carbonyl (C=O) groups is 1. The summed E-state index contributed by atoms with van der Waals surface area (Å²) in [7, 11) is 0. The van der Waals surface area contributed by atoms with Crippen molar-refractivity contribution in [3.63, 3.8) is 0 Å². The van der Waals surface area contributed by atoms with Crippen LogP contribution in [0.3, 0.4) is 0 Å². The van der Waals surface area contributed by atoms with E-state index in [-0.39, 0.29) is 23.0 Å². The van der Waals surface area contributed by atoms with Crippen LogP contribution in [0, 0.1) is 13.8 Å². The zero-order chi connectivity index (χ0) is 19.8. The molecule has 1 amide bonds. The predicted molar refractivity (Wildman–Crippen MR) is 110 cm³/mol. The summed E-state index contributed by atoms with van der Waals surface area (Å²) in [6.45, 7) is 5.13. The van der Waals surface area contributed by atoms with Gasteiger partial charge in [-0.2, -0.15) is 0 Å². The Balaban J connectivity index is 1.62. The lowest BCUT2D eigenvalue weighted by atomic mass is 10.1. The number of phenols is 2. The van der Waals surface area contributed by atoms with Crippen molar-refractivity contribution in [1.82, 2.24) is 4.90 Å². The van der Waals surface area contributed by atoms with Gasteiger partial charge in [-0.1, -0.05) is 42.1 Å². The van der Waals surface area contributed by atoms with Gasteiger partial charge in [-0.05, 0) is 54.3 Å². The van der Waals surface area contributed by atoms with E-state index in [0.29, 0.717) is 18.0 Å². The molecule has 0 spiro atoms. The first-order valence-corrected chi connectivity index (χ1v) is 9.91. The molecule has 0 atom stereocenters. The van der Waals surface area contributed by atoms with Crippen molar-refractivity contribution in [2.45, 2.75) is 36.7 Å². The molecule has 0 saturated carbocycles. The smallest absolute Gasteiger partial charge is 0.258 e. The van der Waals surface area contributed by atoms with Gasteiger partial charge in [0.15, 0.2) is 0 Å². The van der Waals surface area contributed by atoms with E-state index in [9.17, 15) is 15.0 Å². The molecule has 0 bridgehead atoms. The molecule has 3 aromatic rings. The number of aromatic hydroxyl groups is 2. The third-order valence-corrected chi connectivity index (χ3v) is 6.18. The molecule has 1 heterocycles. The molecule has 0 fully saturated rings. The van der Waals surface area contributed by atoms with Gasteiger partial charge in [-0.3, -0.25) is 4.79 Å². The normalized spacial score (nSPS) is 12.9. The Hall–Kier alpha value is -2.92. The van der Waals surface area contributed by atoms with Gasteiger partial charge >= 0.3 is 0 Å². The zero-order valence-electron chi connectivity index (χ0n) is 15.8. The van der Waals surface area contributed by atoms with Crippen LogP contribution in [0.5, 0.6) is 11.5 Å². The summed E-state index contributed by atoms with van der Waals surface area (Å²) < 4.78 is 0. The van der Waals surface area contributed by atoms with Crippen molar-refractivity contribution in [2.75, 3.05) is 0 Å². The Morgan fingerprint density at radius 2 is 1.57 bits per heavy atom. The number of amides is 1. The number of phenolic OH excluding ortho intramolecular Hbond substituents is 2. The monoisotopic (exact) mass is 391 g/mol. The van der Waals surface area contributed by atoms with Crippen LogP contribution < -0.4 is 0 Å². The lowest BCUT2D eigenvalue weighted by molar-refractivity contribution is 0.0748. The molecular formula is C23H21NO3S. The summed E-state index contributed by atoms with van der Waals surface area (Å²) in [6.07, 6.45) is 0. The molecule has 142 valence electrons. The van der Waals surface area contributed by atoms with Crippen LogP contribution in [0.2, 0.25) is 0 Å². The van der Waals surface area contributed by atoms with Gasteiger partial charge in [0.25, 0.3) is 5.91 Å². The lowest BCUT2D eigenvalue weighted by Crippen LogP contribution is -2.25. The first-order chi connectivity index (χ1) is 13.4. The third kappa shape index (κ3) is 3.45. The fraction of sp³-hybridized carbons (Fsp3) is 0.174. The summed E-state index contributed by atoms with van der Waals surface area (Å²) in [5, 5.41) is 20.6. The molecule has 4 nitrogen and oxygen atoms in total. The number of hydrogen-bond donors (Lipinski definition) is 2. The molecule has 3 aromatic carbocycles. The molecule has 1 aliphatic heterocycles. The molecular weight excluding hydrogens is 370 g/mol. The van der Waals surface area contributed by atoms with Crippen LogP contribution in [0.15, 0.2) is 64.4 Å². The van der Waals surface area contributed by atoms with Crippen LogP contribution in [0.25, 0.3) is 0 Å². The number of aryl methyl sites for hydroxylation is 2. The van der Waals surface area contributed by atoms with Crippen molar-refractivity contribution in [3.8, 4) is 11.5 Å². The van der Waals surface area contributed by atoms with Gasteiger partial charge in [-0.25, -0.2) is 0 Å². The first kappa shape index (κ1) is 18.4. The molecule has 5 heteroatoms. The number of fused-ring (bicyclic) bond motifs is 1. The Morgan fingerprint density at radius 1 is 0.893 bits per heavy atom. The summed E-state index contributed by atoms with van der Waals surface area (Å²) >= 11 is 1.38. The molecule has 2 N–H and O–H groups in total. The average molecular weight is 391 g/mol. The minimum Gasteiger partial charge on any atom is -0.507 e. The highest BCUT2D eigenvalue weighted by Crippen LogP contribution is 2.39. The Labute approximate surface area is 168 Å². The van der Waals surface area contributed by atoms with Gasteiger partial charge in [0.2, 0.25) is 0 Å². The minimum absolute atomic E-state index is 0.0398. The van der Waals surface area contributed by atoms with Gasteiger partial charge in [-0.15, -0.1) is 0 Å². The van der Waals surface area contributed by atoms with Crippen LogP contribution in [0.4, 0.5) is 0 Å². The number of carbonyl (C=O) groups excluding carboxylic acids is 1. The first-order valence-electron chi connectivity index (χ1n) is 9.09. The van der Waals surface area contributed by atoms with Gasteiger partial charge in [0, 0.05) is 24.1 Å². The zero-order valence-corrected chi connectivity index (χ0v) is 16.6. The summed E-state index contributed by atoms with van der Waals surface area (Å²) in [6, 6.07) is 16.8. The summed E-state index contributed by atoms with van der Waals surface area (Å²) in [4.78, 5) is 16.2. The van der Waals surface area contributed by atoms with E-state index in [1.807, 2.05) is 56.3 Å². The van der Waals surface area contributed by atoms with E-state index in [4.69, 9.17) is 0 Å². The molecule has 0 saturated heterocycles. The highest BCUT2D eigenvalue weighted by molar-refractivity contribution is 7.99. The Kier molecular flexibility index (Phi) is 4.77. The second-order valence-corrected chi connectivity index (χ2v) is 8.23. The van der Waals surface area contributed by atoms with Crippen molar-refractivity contribution in [3.05, 3.63) is 82.4 Å². The van der Waals surface area contributed by atoms with E-state index in [0.717, 1.165) is 21.6 Å². The highest BCUT2D eigenvalue weighted by atomic mass is 32.2. The van der Waals surface area contributed by atoms with Crippen molar-refractivity contribution in [2.24, 2.45) is 0 Å². The molecule has 0 aliphatic carbocycles. The van der Waals surface area contributed by atoms with E-state index >= 15 is 0 Å². The van der Waals surface area contributed by atoms with Gasteiger partial charge in [0.1, 0.15) is 11.5 Å². The van der Waals surface area contributed by atoms with Gasteiger partial charge in [0.05, 0.1) is 10.5 Å². The average Bonchev–Trinajstić information content (AvgIpc) is 3.10. The van der Waals surface area contributed by atoms with E-state index in [1.165, 1.54) is 23.4 Å². The van der Waals surface area contributed by atoms with Crippen LogP contribution in [0.1, 0.15) is 32.6 Å². The van der Waals surface area contributed by atoms with Crippen molar-refractivity contribution < 1.29 is 15.0 Å². The maximum atomic E-state index is 13.0. The number of hydrogen-bond acceptors (Lipinski definition) is 4. The number of rotatable bonds is 3. The van der Waals surface area contributed by atoms with Crippen LogP contribution in [-0.4, -0.2) is 21.0 Å². The second-order valence-electron chi connectivity index (χ2n) is 7.12. The molecule has 28 heavy (non-hydrogen) atoms. The fourth-order valence-electron chi connectivity index (χ4n) is 3.36. The SMILES string of the molecule is Cc1ccc(Sc2cc(C(=O)N3Cc4ccccc4C3)c(O)cc2O)cc1C. The molecule has 0 unspecified atom stereocenters. The topological polar surface area (TPSA) is 60.8 Å². The molecule has 0 radical (unpaired) electrons. The lowest BCUT2D eigenvalue weighted by Gasteiger charge is -2.17. The minimum atomic E-state index is -0.240.